The van der Waals surface area contributed by atoms with E-state index in [0.717, 1.165) is 25.7 Å². The van der Waals surface area contributed by atoms with Gasteiger partial charge < -0.3 is 10.4 Å². The zero-order chi connectivity index (χ0) is 13.9. The quantitative estimate of drug-likeness (QED) is 0.876. The van der Waals surface area contributed by atoms with Crippen LogP contribution in [-0.4, -0.2) is 22.2 Å². The van der Waals surface area contributed by atoms with Gasteiger partial charge in [-0.3, -0.25) is 4.98 Å². The average molecular weight is 262 g/mol. The van der Waals surface area contributed by atoms with Crippen molar-refractivity contribution in [1.82, 2.24) is 10.3 Å². The summed E-state index contributed by atoms with van der Waals surface area (Å²) in [4.78, 5) is 4.03. The van der Waals surface area contributed by atoms with Gasteiger partial charge >= 0.3 is 0 Å². The van der Waals surface area contributed by atoms with Gasteiger partial charge in [0, 0.05) is 25.0 Å². The molecular formula is C16H26N2O. The maximum Gasteiger partial charge on any atom is 0.0772 e. The van der Waals surface area contributed by atoms with Crippen LogP contribution in [0.5, 0.6) is 0 Å². The van der Waals surface area contributed by atoms with E-state index in [0.29, 0.717) is 12.0 Å². The molecule has 0 aliphatic heterocycles. The van der Waals surface area contributed by atoms with Crippen LogP contribution in [0, 0.1) is 5.41 Å². The van der Waals surface area contributed by atoms with Gasteiger partial charge in [-0.05, 0) is 55.7 Å². The van der Waals surface area contributed by atoms with Crippen LogP contribution < -0.4 is 5.32 Å². The summed E-state index contributed by atoms with van der Waals surface area (Å²) in [5, 5.41) is 14.1. The largest absolute Gasteiger partial charge is 0.389 e. The van der Waals surface area contributed by atoms with Crippen molar-refractivity contribution in [2.24, 2.45) is 5.41 Å². The normalized spacial score (nSPS) is 22.9. The summed E-state index contributed by atoms with van der Waals surface area (Å²) in [7, 11) is 0. The molecule has 19 heavy (non-hydrogen) atoms. The SMILES string of the molecule is CC(NCC1(O)CCC(C)(C)CC1)c1ccncc1. The van der Waals surface area contributed by atoms with E-state index in [1.165, 1.54) is 5.56 Å². The van der Waals surface area contributed by atoms with E-state index in [2.05, 4.69) is 31.1 Å². The maximum absolute atomic E-state index is 10.6. The Kier molecular flexibility index (Phi) is 4.26. The van der Waals surface area contributed by atoms with Gasteiger partial charge in [-0.2, -0.15) is 0 Å². The van der Waals surface area contributed by atoms with E-state index in [-0.39, 0.29) is 6.04 Å². The zero-order valence-electron chi connectivity index (χ0n) is 12.3. The average Bonchev–Trinajstić information content (AvgIpc) is 2.41. The highest BCUT2D eigenvalue weighted by Gasteiger charge is 2.36. The Labute approximate surface area is 116 Å². The molecule has 0 radical (unpaired) electrons. The lowest BCUT2D eigenvalue weighted by atomic mass is 9.71. The first-order valence-corrected chi connectivity index (χ1v) is 7.26. The molecule has 2 rings (SSSR count). The molecule has 3 heteroatoms. The molecule has 1 saturated carbocycles. The zero-order valence-corrected chi connectivity index (χ0v) is 12.3. The number of aromatic nitrogens is 1. The summed E-state index contributed by atoms with van der Waals surface area (Å²) in [5.74, 6) is 0. The van der Waals surface area contributed by atoms with Crippen LogP contribution in [-0.2, 0) is 0 Å². The number of hydrogen-bond donors (Lipinski definition) is 2. The molecule has 1 unspecified atom stereocenters. The molecule has 1 aliphatic carbocycles. The fraction of sp³-hybridized carbons (Fsp3) is 0.688. The van der Waals surface area contributed by atoms with Crippen molar-refractivity contribution >= 4 is 0 Å². The van der Waals surface area contributed by atoms with Crippen LogP contribution >= 0.6 is 0 Å². The second-order valence-corrected chi connectivity index (χ2v) is 6.77. The Bertz CT molecular complexity index is 392. The molecule has 1 aliphatic rings. The highest BCUT2D eigenvalue weighted by molar-refractivity contribution is 5.14. The summed E-state index contributed by atoms with van der Waals surface area (Å²) in [6.07, 6.45) is 7.63. The first kappa shape index (κ1) is 14.5. The third-order valence-corrected chi connectivity index (χ3v) is 4.48. The monoisotopic (exact) mass is 262 g/mol. The van der Waals surface area contributed by atoms with E-state index < -0.39 is 5.60 Å². The number of pyridine rings is 1. The van der Waals surface area contributed by atoms with Gasteiger partial charge in [-0.25, -0.2) is 0 Å². The minimum absolute atomic E-state index is 0.252. The van der Waals surface area contributed by atoms with E-state index in [4.69, 9.17) is 0 Å². The van der Waals surface area contributed by atoms with Gasteiger partial charge in [0.15, 0.2) is 0 Å². The van der Waals surface area contributed by atoms with Crippen LogP contribution in [0.3, 0.4) is 0 Å². The minimum atomic E-state index is -0.531. The van der Waals surface area contributed by atoms with Gasteiger partial charge in [0.05, 0.1) is 5.60 Å². The third-order valence-electron chi connectivity index (χ3n) is 4.48. The van der Waals surface area contributed by atoms with E-state index in [9.17, 15) is 5.11 Å². The van der Waals surface area contributed by atoms with Crippen molar-refractivity contribution in [3.8, 4) is 0 Å². The van der Waals surface area contributed by atoms with Crippen molar-refractivity contribution in [2.75, 3.05) is 6.54 Å². The molecule has 2 N–H and O–H groups in total. The molecule has 0 aromatic carbocycles. The van der Waals surface area contributed by atoms with Crippen molar-refractivity contribution in [1.29, 1.82) is 0 Å². The molecule has 0 saturated heterocycles. The Balaban J connectivity index is 1.85. The predicted octanol–water partition coefficient (Wildman–Crippen LogP) is 3.06. The number of nitrogens with zero attached hydrogens (tertiary/aromatic N) is 1. The molecular weight excluding hydrogens is 236 g/mol. The number of rotatable bonds is 4. The Morgan fingerprint density at radius 1 is 1.21 bits per heavy atom. The summed E-state index contributed by atoms with van der Waals surface area (Å²) in [5.41, 5.74) is 1.08. The molecule has 3 nitrogen and oxygen atoms in total. The first-order valence-electron chi connectivity index (χ1n) is 7.26. The Morgan fingerprint density at radius 2 is 1.79 bits per heavy atom. The third kappa shape index (κ3) is 4.02. The molecule has 0 amide bonds. The molecule has 0 bridgehead atoms. The molecule has 106 valence electrons. The Morgan fingerprint density at radius 3 is 2.37 bits per heavy atom. The summed E-state index contributed by atoms with van der Waals surface area (Å²) in [6, 6.07) is 4.29. The fourth-order valence-electron chi connectivity index (χ4n) is 2.68. The summed E-state index contributed by atoms with van der Waals surface area (Å²) in [6.45, 7) is 7.39. The standard InChI is InChI=1S/C16H26N2O/c1-13(14-4-10-17-11-5-14)18-12-16(19)8-6-15(2,3)7-9-16/h4-5,10-11,13,18-19H,6-9,12H2,1-3H3. The van der Waals surface area contributed by atoms with Gasteiger partial charge in [-0.15, -0.1) is 0 Å². The van der Waals surface area contributed by atoms with Crippen LogP contribution in [0.15, 0.2) is 24.5 Å². The molecule has 1 aromatic heterocycles. The van der Waals surface area contributed by atoms with E-state index in [1.807, 2.05) is 24.5 Å². The lowest BCUT2D eigenvalue weighted by Gasteiger charge is -2.40. The lowest BCUT2D eigenvalue weighted by Crippen LogP contribution is -2.45. The minimum Gasteiger partial charge on any atom is -0.389 e. The van der Waals surface area contributed by atoms with Crippen LogP contribution in [0.25, 0.3) is 0 Å². The highest BCUT2D eigenvalue weighted by Crippen LogP contribution is 2.40. The van der Waals surface area contributed by atoms with Crippen LogP contribution in [0.4, 0.5) is 0 Å². The maximum atomic E-state index is 10.6. The summed E-state index contributed by atoms with van der Waals surface area (Å²) < 4.78 is 0. The lowest BCUT2D eigenvalue weighted by molar-refractivity contribution is -0.0258. The van der Waals surface area contributed by atoms with Crippen molar-refractivity contribution in [2.45, 2.75) is 58.1 Å². The fourth-order valence-corrected chi connectivity index (χ4v) is 2.68. The topological polar surface area (TPSA) is 45.1 Å². The highest BCUT2D eigenvalue weighted by atomic mass is 16.3. The van der Waals surface area contributed by atoms with Crippen molar-refractivity contribution in [3.05, 3.63) is 30.1 Å². The molecule has 1 aromatic rings. The Hall–Kier alpha value is -0.930. The van der Waals surface area contributed by atoms with Gasteiger partial charge in [0.25, 0.3) is 0 Å². The van der Waals surface area contributed by atoms with Gasteiger partial charge in [-0.1, -0.05) is 13.8 Å². The molecule has 1 heterocycles. The van der Waals surface area contributed by atoms with Crippen LogP contribution in [0.2, 0.25) is 0 Å². The second kappa shape index (κ2) is 5.59. The number of hydrogen-bond acceptors (Lipinski definition) is 3. The number of nitrogens with one attached hydrogen (secondary N) is 1. The molecule has 1 fully saturated rings. The predicted molar refractivity (Wildman–Crippen MR) is 77.9 cm³/mol. The van der Waals surface area contributed by atoms with Crippen molar-refractivity contribution < 1.29 is 5.11 Å². The molecule has 0 spiro atoms. The van der Waals surface area contributed by atoms with E-state index >= 15 is 0 Å². The van der Waals surface area contributed by atoms with Gasteiger partial charge in [0.2, 0.25) is 0 Å². The molecule has 1 atom stereocenters. The van der Waals surface area contributed by atoms with E-state index in [1.54, 1.807) is 0 Å². The van der Waals surface area contributed by atoms with Gasteiger partial charge in [0.1, 0.15) is 0 Å². The van der Waals surface area contributed by atoms with Crippen molar-refractivity contribution in [3.63, 3.8) is 0 Å². The van der Waals surface area contributed by atoms with Crippen LogP contribution in [0.1, 0.15) is 58.1 Å². The first-order chi connectivity index (χ1) is 8.90. The summed E-state index contributed by atoms with van der Waals surface area (Å²) >= 11 is 0. The smallest absolute Gasteiger partial charge is 0.0772 e. The number of aliphatic hydroxyl groups is 1. The second-order valence-electron chi connectivity index (χ2n) is 6.77.